The van der Waals surface area contributed by atoms with Gasteiger partial charge >= 0.3 is 0 Å². The molecule has 1 aromatic rings. The van der Waals surface area contributed by atoms with Crippen LogP contribution in [0, 0.1) is 11.7 Å². The molecule has 1 atom stereocenters. The molecule has 3 nitrogen and oxygen atoms in total. The Bertz CT molecular complexity index is 497. The number of hydrogen-bond donors (Lipinski definition) is 1. The van der Waals surface area contributed by atoms with Gasteiger partial charge in [-0.05, 0) is 30.5 Å². The number of benzene rings is 1. The molecule has 1 unspecified atom stereocenters. The first-order valence-corrected chi connectivity index (χ1v) is 7.21. The summed E-state index contributed by atoms with van der Waals surface area (Å²) in [7, 11) is -3.25. The SMILES string of the molecule is CC(C)C(C)S(=O)(=O)Cc1ccc(N)c(F)c1. The van der Waals surface area contributed by atoms with E-state index in [-0.39, 0.29) is 17.4 Å². The number of rotatable bonds is 4. The average molecular weight is 259 g/mol. The van der Waals surface area contributed by atoms with Crippen molar-refractivity contribution in [1.29, 1.82) is 0 Å². The number of anilines is 1. The lowest BCUT2D eigenvalue weighted by atomic mass is 10.2. The molecule has 0 aromatic heterocycles. The number of halogens is 1. The maximum absolute atomic E-state index is 13.2. The summed E-state index contributed by atoms with van der Waals surface area (Å²) < 4.78 is 37.2. The van der Waals surface area contributed by atoms with Gasteiger partial charge in [0.2, 0.25) is 0 Å². The summed E-state index contributed by atoms with van der Waals surface area (Å²) in [5.74, 6) is -0.683. The second-order valence-corrected chi connectivity index (χ2v) is 6.97. The summed E-state index contributed by atoms with van der Waals surface area (Å²) in [5, 5.41) is -0.442. The number of sulfone groups is 1. The summed E-state index contributed by atoms with van der Waals surface area (Å²) in [6.45, 7) is 5.38. The lowest BCUT2D eigenvalue weighted by Crippen LogP contribution is -2.24. The van der Waals surface area contributed by atoms with Crippen LogP contribution in [0.2, 0.25) is 0 Å². The largest absolute Gasteiger partial charge is 0.396 e. The van der Waals surface area contributed by atoms with Crippen LogP contribution in [0.5, 0.6) is 0 Å². The lowest BCUT2D eigenvalue weighted by molar-refractivity contribution is 0.545. The number of hydrogen-bond acceptors (Lipinski definition) is 3. The van der Waals surface area contributed by atoms with Crippen molar-refractivity contribution in [1.82, 2.24) is 0 Å². The molecule has 0 aliphatic carbocycles. The van der Waals surface area contributed by atoms with Crippen molar-refractivity contribution in [3.63, 3.8) is 0 Å². The maximum atomic E-state index is 13.2. The third kappa shape index (κ3) is 3.43. The topological polar surface area (TPSA) is 60.2 Å². The lowest BCUT2D eigenvalue weighted by Gasteiger charge is -2.16. The zero-order chi connectivity index (χ0) is 13.2. The van der Waals surface area contributed by atoms with Crippen molar-refractivity contribution in [2.45, 2.75) is 31.8 Å². The van der Waals surface area contributed by atoms with Crippen LogP contribution in [0.15, 0.2) is 18.2 Å². The van der Waals surface area contributed by atoms with E-state index in [1.54, 1.807) is 13.0 Å². The molecular formula is C12H18FNO2S. The quantitative estimate of drug-likeness (QED) is 0.844. The molecule has 0 bridgehead atoms. The fourth-order valence-corrected chi connectivity index (χ4v) is 3.18. The average Bonchev–Trinajstić information content (AvgIpc) is 2.22. The van der Waals surface area contributed by atoms with E-state index in [4.69, 9.17) is 5.73 Å². The van der Waals surface area contributed by atoms with E-state index in [1.165, 1.54) is 12.1 Å². The third-order valence-corrected chi connectivity index (χ3v) is 5.35. The Hall–Kier alpha value is -1.10. The highest BCUT2D eigenvalue weighted by molar-refractivity contribution is 7.91. The van der Waals surface area contributed by atoms with Crippen molar-refractivity contribution in [2.75, 3.05) is 5.73 Å². The standard InChI is InChI=1S/C12H18FNO2S/c1-8(2)9(3)17(15,16)7-10-4-5-12(14)11(13)6-10/h4-6,8-9H,7,14H2,1-3H3. The summed E-state index contributed by atoms with van der Waals surface area (Å²) in [6.07, 6.45) is 0. The molecule has 0 amide bonds. The van der Waals surface area contributed by atoms with Crippen molar-refractivity contribution >= 4 is 15.5 Å². The van der Waals surface area contributed by atoms with Crippen molar-refractivity contribution in [2.24, 2.45) is 5.92 Å². The molecule has 0 fully saturated rings. The minimum atomic E-state index is -3.25. The van der Waals surface area contributed by atoms with E-state index in [9.17, 15) is 12.8 Å². The van der Waals surface area contributed by atoms with Gasteiger partial charge in [-0.1, -0.05) is 19.9 Å². The molecule has 0 spiro atoms. The van der Waals surface area contributed by atoms with Gasteiger partial charge in [0, 0.05) is 0 Å². The molecule has 1 rings (SSSR count). The molecule has 0 aliphatic rings. The van der Waals surface area contributed by atoms with E-state index in [2.05, 4.69) is 0 Å². The molecule has 1 aromatic carbocycles. The maximum Gasteiger partial charge on any atom is 0.157 e. The van der Waals surface area contributed by atoms with Gasteiger partial charge in [-0.3, -0.25) is 0 Å². The van der Waals surface area contributed by atoms with E-state index >= 15 is 0 Å². The molecule has 17 heavy (non-hydrogen) atoms. The summed E-state index contributed by atoms with van der Waals surface area (Å²) in [4.78, 5) is 0. The van der Waals surface area contributed by atoms with Crippen LogP contribution in [0.4, 0.5) is 10.1 Å². The Morgan fingerprint density at radius 1 is 1.29 bits per heavy atom. The highest BCUT2D eigenvalue weighted by Crippen LogP contribution is 2.19. The van der Waals surface area contributed by atoms with Crippen molar-refractivity contribution in [3.05, 3.63) is 29.6 Å². The van der Waals surface area contributed by atoms with Gasteiger partial charge in [0.05, 0.1) is 16.7 Å². The highest BCUT2D eigenvalue weighted by atomic mass is 32.2. The molecule has 0 radical (unpaired) electrons. The van der Waals surface area contributed by atoms with E-state index in [1.807, 2.05) is 13.8 Å². The summed E-state index contributed by atoms with van der Waals surface area (Å²) in [6, 6.07) is 4.11. The smallest absolute Gasteiger partial charge is 0.157 e. The fourth-order valence-electron chi connectivity index (χ4n) is 1.44. The van der Waals surface area contributed by atoms with Crippen LogP contribution in [0.1, 0.15) is 26.3 Å². The summed E-state index contributed by atoms with van der Waals surface area (Å²) in [5.41, 5.74) is 5.80. The monoisotopic (exact) mass is 259 g/mol. The van der Waals surface area contributed by atoms with Gasteiger partial charge in [0.25, 0.3) is 0 Å². The first-order valence-electron chi connectivity index (χ1n) is 5.49. The zero-order valence-electron chi connectivity index (χ0n) is 10.3. The van der Waals surface area contributed by atoms with E-state index in [0.717, 1.165) is 0 Å². The van der Waals surface area contributed by atoms with Gasteiger partial charge in [-0.2, -0.15) is 0 Å². The molecule has 0 heterocycles. The molecule has 0 saturated carbocycles. The predicted molar refractivity (Wildman–Crippen MR) is 67.7 cm³/mol. The third-order valence-electron chi connectivity index (χ3n) is 2.94. The minimum absolute atomic E-state index is 0.0306. The van der Waals surface area contributed by atoms with Gasteiger partial charge in [-0.25, -0.2) is 12.8 Å². The predicted octanol–water partition coefficient (Wildman–Crippen LogP) is 2.37. The molecule has 0 saturated heterocycles. The van der Waals surface area contributed by atoms with E-state index in [0.29, 0.717) is 5.56 Å². The number of nitrogen functional groups attached to an aromatic ring is 1. The van der Waals surface area contributed by atoms with Gasteiger partial charge in [0.1, 0.15) is 5.82 Å². The van der Waals surface area contributed by atoms with Crippen LogP contribution in [0.25, 0.3) is 0 Å². The van der Waals surface area contributed by atoms with Crippen LogP contribution in [-0.2, 0) is 15.6 Å². The molecule has 96 valence electrons. The van der Waals surface area contributed by atoms with Gasteiger partial charge < -0.3 is 5.73 Å². The van der Waals surface area contributed by atoms with Crippen molar-refractivity contribution < 1.29 is 12.8 Å². The molecule has 5 heteroatoms. The second kappa shape index (κ2) is 5.04. The first-order chi connectivity index (χ1) is 7.74. The van der Waals surface area contributed by atoms with Gasteiger partial charge in [0.15, 0.2) is 9.84 Å². The Morgan fingerprint density at radius 3 is 2.35 bits per heavy atom. The minimum Gasteiger partial charge on any atom is -0.396 e. The molecule has 0 aliphatic heterocycles. The Morgan fingerprint density at radius 2 is 1.88 bits per heavy atom. The summed E-state index contributed by atoms with van der Waals surface area (Å²) >= 11 is 0. The van der Waals surface area contributed by atoms with Crippen molar-refractivity contribution in [3.8, 4) is 0 Å². The fraction of sp³-hybridized carbons (Fsp3) is 0.500. The van der Waals surface area contributed by atoms with Crippen LogP contribution >= 0.6 is 0 Å². The molecule has 2 N–H and O–H groups in total. The van der Waals surface area contributed by atoms with Crippen LogP contribution in [0.3, 0.4) is 0 Å². The highest BCUT2D eigenvalue weighted by Gasteiger charge is 2.24. The second-order valence-electron chi connectivity index (χ2n) is 4.61. The Kier molecular flexibility index (Phi) is 4.14. The van der Waals surface area contributed by atoms with Crippen LogP contribution in [-0.4, -0.2) is 13.7 Å². The van der Waals surface area contributed by atoms with Gasteiger partial charge in [-0.15, -0.1) is 0 Å². The zero-order valence-corrected chi connectivity index (χ0v) is 11.1. The Balaban J connectivity index is 2.94. The van der Waals surface area contributed by atoms with E-state index < -0.39 is 20.9 Å². The van der Waals surface area contributed by atoms with Crippen LogP contribution < -0.4 is 5.73 Å². The molecular weight excluding hydrogens is 241 g/mol. The normalized spacial score (nSPS) is 13.9. The first kappa shape index (κ1) is 14.0. The number of nitrogens with two attached hydrogens (primary N) is 1. The Labute approximate surface area is 102 Å².